The number of anilines is 1. The average molecular weight is 616 g/mol. The summed E-state index contributed by atoms with van der Waals surface area (Å²) in [6.45, 7) is -0.664. The fourth-order valence-corrected chi connectivity index (χ4v) is 5.41. The van der Waals surface area contributed by atoms with Crippen molar-refractivity contribution in [1.82, 2.24) is 40.0 Å². The van der Waals surface area contributed by atoms with Crippen molar-refractivity contribution in [2.24, 2.45) is 0 Å². The van der Waals surface area contributed by atoms with Crippen LogP contribution in [0.5, 0.6) is 0 Å². The van der Waals surface area contributed by atoms with Gasteiger partial charge < -0.3 is 19.4 Å². The van der Waals surface area contributed by atoms with Gasteiger partial charge in [0.05, 0.1) is 12.6 Å². The van der Waals surface area contributed by atoms with Gasteiger partial charge in [-0.15, -0.1) is 10.2 Å². The lowest BCUT2D eigenvalue weighted by molar-refractivity contribution is -0.139. The molecule has 0 radical (unpaired) electrons. The van der Waals surface area contributed by atoms with Crippen LogP contribution in [0.15, 0.2) is 71.3 Å². The number of ether oxygens (including phenoxy) is 1. The number of nitrogens with one attached hydrogen (secondary N) is 1. The molecular formula is C30H27F2N9O4. The number of tetrazole rings is 1. The monoisotopic (exact) mass is 615 g/mol. The van der Waals surface area contributed by atoms with E-state index in [1.54, 1.807) is 35.2 Å². The maximum absolute atomic E-state index is 13.5. The van der Waals surface area contributed by atoms with Crippen LogP contribution in [0, 0.1) is 0 Å². The Hall–Kier alpha value is -5.15. The second kappa shape index (κ2) is 12.1. The fourth-order valence-electron chi connectivity index (χ4n) is 5.41. The second-order valence-corrected chi connectivity index (χ2v) is 10.7. The Bertz CT molecular complexity index is 1840. The number of aromatic nitrogens is 6. The lowest BCUT2D eigenvalue weighted by atomic mass is 10.0. The van der Waals surface area contributed by atoms with E-state index in [1.165, 1.54) is 6.20 Å². The van der Waals surface area contributed by atoms with Gasteiger partial charge in [-0.1, -0.05) is 35.1 Å². The van der Waals surface area contributed by atoms with Crippen molar-refractivity contribution in [3.05, 3.63) is 83.9 Å². The van der Waals surface area contributed by atoms with E-state index < -0.39 is 18.7 Å². The zero-order valence-corrected chi connectivity index (χ0v) is 23.8. The second-order valence-electron chi connectivity index (χ2n) is 10.7. The molecule has 1 N–H and O–H groups in total. The third-order valence-corrected chi connectivity index (χ3v) is 7.82. The predicted octanol–water partition coefficient (Wildman–Crippen LogP) is 3.55. The number of benzene rings is 2. The summed E-state index contributed by atoms with van der Waals surface area (Å²) in [5, 5.41) is 14.2. The summed E-state index contributed by atoms with van der Waals surface area (Å²) >= 11 is 0. The molecule has 45 heavy (non-hydrogen) atoms. The van der Waals surface area contributed by atoms with Crippen LogP contribution in [0.4, 0.5) is 14.5 Å². The lowest BCUT2D eigenvalue weighted by Crippen LogP contribution is -2.50. The van der Waals surface area contributed by atoms with E-state index in [0.29, 0.717) is 72.2 Å². The normalized spacial score (nSPS) is 17.8. The number of amides is 2. The largest absolute Gasteiger partial charge is 0.436 e. The number of rotatable bonds is 8. The van der Waals surface area contributed by atoms with Gasteiger partial charge in [0, 0.05) is 50.0 Å². The molecule has 2 aliphatic rings. The Balaban J connectivity index is 1.05. The van der Waals surface area contributed by atoms with Crippen molar-refractivity contribution >= 4 is 28.6 Å². The number of alkyl halides is 2. The number of carbonyl (C=O) groups is 2. The van der Waals surface area contributed by atoms with E-state index in [4.69, 9.17) is 9.15 Å². The molecule has 2 saturated heterocycles. The molecule has 13 nitrogen and oxygen atoms in total. The van der Waals surface area contributed by atoms with Crippen LogP contribution in [-0.4, -0.2) is 90.7 Å². The molecule has 2 aliphatic heterocycles. The molecule has 5 heterocycles. The Labute approximate surface area is 254 Å². The number of hydrogen-bond donors (Lipinski definition) is 1. The molecule has 2 aromatic carbocycles. The Morgan fingerprint density at radius 3 is 2.51 bits per heavy atom. The molecule has 3 aromatic heterocycles. The molecule has 7 rings (SSSR count). The van der Waals surface area contributed by atoms with E-state index in [9.17, 15) is 18.4 Å². The minimum absolute atomic E-state index is 0.163. The molecule has 230 valence electrons. The average Bonchev–Trinajstić information content (AvgIpc) is 3.69. The molecule has 2 amide bonds. The van der Waals surface area contributed by atoms with Crippen LogP contribution in [-0.2, 0) is 9.53 Å². The highest BCUT2D eigenvalue weighted by atomic mass is 19.3. The predicted molar refractivity (Wildman–Crippen MR) is 155 cm³/mol. The van der Waals surface area contributed by atoms with Gasteiger partial charge >= 0.3 is 6.55 Å². The summed E-state index contributed by atoms with van der Waals surface area (Å²) < 4.78 is 37.5. The number of hydrogen-bond acceptors (Lipinski definition) is 10. The first-order valence-corrected chi connectivity index (χ1v) is 14.4. The maximum Gasteiger partial charge on any atom is 0.350 e. The number of oxazole rings is 1. The summed E-state index contributed by atoms with van der Waals surface area (Å²) in [6, 6.07) is 17.4. The highest BCUT2D eigenvalue weighted by Crippen LogP contribution is 2.29. The van der Waals surface area contributed by atoms with Crippen LogP contribution >= 0.6 is 0 Å². The van der Waals surface area contributed by atoms with Crippen LogP contribution in [0.25, 0.3) is 22.6 Å². The number of carbonyl (C=O) groups excluding carboxylic acids is 2. The van der Waals surface area contributed by atoms with E-state index in [0.717, 1.165) is 5.56 Å². The molecule has 2 fully saturated rings. The van der Waals surface area contributed by atoms with Crippen LogP contribution < -0.4 is 5.32 Å². The van der Waals surface area contributed by atoms with Crippen LogP contribution in [0.1, 0.15) is 40.9 Å². The van der Waals surface area contributed by atoms with Crippen molar-refractivity contribution in [3.63, 3.8) is 0 Å². The summed E-state index contributed by atoms with van der Waals surface area (Å²) in [5.41, 5.74) is 3.30. The molecule has 2 unspecified atom stereocenters. The van der Waals surface area contributed by atoms with E-state index in [2.05, 4.69) is 30.7 Å². The van der Waals surface area contributed by atoms with E-state index in [-0.39, 0.29) is 23.3 Å². The molecule has 15 heteroatoms. The SMILES string of the molecule is O=C(Nc1ccc2oc(-c3ccnc(C(=O)N4CCN(C(c5ccccc5)c5nnn(C(F)F)n5)CC4)c3)nc2c1)C1CCO1. The molecule has 0 saturated carbocycles. The molecule has 0 spiro atoms. The first-order chi connectivity index (χ1) is 21.9. The first kappa shape index (κ1) is 28.6. The fraction of sp³-hybridized carbons (Fsp3) is 0.300. The van der Waals surface area contributed by atoms with Crippen molar-refractivity contribution < 1.29 is 27.5 Å². The third-order valence-electron chi connectivity index (χ3n) is 7.82. The van der Waals surface area contributed by atoms with Crippen molar-refractivity contribution in [2.45, 2.75) is 25.1 Å². The summed E-state index contributed by atoms with van der Waals surface area (Å²) in [7, 11) is 0. The highest BCUT2D eigenvalue weighted by molar-refractivity contribution is 5.96. The highest BCUT2D eigenvalue weighted by Gasteiger charge is 2.32. The summed E-state index contributed by atoms with van der Waals surface area (Å²) in [5.74, 6) is 0.0195. The van der Waals surface area contributed by atoms with Gasteiger partial charge in [-0.2, -0.15) is 8.78 Å². The zero-order chi connectivity index (χ0) is 30.9. The minimum atomic E-state index is -2.90. The Morgan fingerprint density at radius 2 is 1.80 bits per heavy atom. The van der Waals surface area contributed by atoms with Gasteiger partial charge in [0.2, 0.25) is 5.89 Å². The molecule has 0 aliphatic carbocycles. The lowest BCUT2D eigenvalue weighted by Gasteiger charge is -2.38. The van der Waals surface area contributed by atoms with Gasteiger partial charge in [0.25, 0.3) is 11.8 Å². The molecule has 2 atom stereocenters. The summed E-state index contributed by atoms with van der Waals surface area (Å²) in [6.07, 6.45) is 1.79. The van der Waals surface area contributed by atoms with Crippen molar-refractivity contribution in [1.29, 1.82) is 0 Å². The van der Waals surface area contributed by atoms with Gasteiger partial charge in [0.15, 0.2) is 11.4 Å². The number of piperazine rings is 1. The Morgan fingerprint density at radius 1 is 1.00 bits per heavy atom. The molecule has 0 bridgehead atoms. The van der Waals surface area contributed by atoms with Crippen LogP contribution in [0.2, 0.25) is 0 Å². The zero-order valence-electron chi connectivity index (χ0n) is 23.8. The number of pyridine rings is 1. The molecular weight excluding hydrogens is 588 g/mol. The van der Waals surface area contributed by atoms with E-state index >= 15 is 0 Å². The van der Waals surface area contributed by atoms with Gasteiger partial charge in [-0.3, -0.25) is 19.5 Å². The number of halogens is 2. The van der Waals surface area contributed by atoms with Crippen molar-refractivity contribution in [3.8, 4) is 11.5 Å². The Kier molecular flexibility index (Phi) is 7.69. The van der Waals surface area contributed by atoms with E-state index in [1.807, 2.05) is 35.2 Å². The quantitative estimate of drug-likeness (QED) is 0.275. The minimum Gasteiger partial charge on any atom is -0.436 e. The van der Waals surface area contributed by atoms with Gasteiger partial charge in [0.1, 0.15) is 17.3 Å². The van der Waals surface area contributed by atoms with Gasteiger partial charge in [-0.05, 0) is 41.1 Å². The standard InChI is InChI=1S/C30H27F2N9O4/c31-30(32)41-37-26(36-38-41)25(18-4-2-1-3-5-18)39-11-13-40(14-12-39)29(43)22-16-19(8-10-33-22)28-35-21-17-20(6-7-23(21)45-28)34-27(42)24-9-15-44-24/h1-8,10,16-17,24-25,30H,9,11-15H2,(H,34,42). The van der Waals surface area contributed by atoms with Crippen molar-refractivity contribution in [2.75, 3.05) is 38.1 Å². The molecule has 5 aromatic rings. The first-order valence-electron chi connectivity index (χ1n) is 14.4. The van der Waals surface area contributed by atoms with Crippen LogP contribution in [0.3, 0.4) is 0 Å². The smallest absolute Gasteiger partial charge is 0.350 e. The third kappa shape index (κ3) is 5.86. The topological polar surface area (TPSA) is 144 Å². The summed E-state index contributed by atoms with van der Waals surface area (Å²) in [4.78, 5) is 38.6. The van der Waals surface area contributed by atoms with Gasteiger partial charge in [-0.25, -0.2) is 4.98 Å². The maximum atomic E-state index is 13.5. The number of nitrogens with zero attached hydrogens (tertiary/aromatic N) is 8. The number of fused-ring (bicyclic) bond motifs is 1.